The number of carbonyl (C=O) groups excluding carboxylic acids is 3. The third-order valence-corrected chi connectivity index (χ3v) is 7.32. The third kappa shape index (κ3) is 6.96. The van der Waals surface area contributed by atoms with Gasteiger partial charge in [0.2, 0.25) is 11.8 Å². The molecule has 0 spiro atoms. The maximum atomic E-state index is 13.9. The molecule has 39 heavy (non-hydrogen) atoms. The Balaban J connectivity index is 1.71. The van der Waals surface area contributed by atoms with Gasteiger partial charge in [-0.3, -0.25) is 19.3 Å². The van der Waals surface area contributed by atoms with E-state index in [0.29, 0.717) is 40.8 Å². The molecule has 1 saturated heterocycles. The van der Waals surface area contributed by atoms with E-state index in [2.05, 4.69) is 10.6 Å². The second-order valence-electron chi connectivity index (χ2n) is 9.16. The Labute approximate surface area is 232 Å². The molecule has 1 aliphatic heterocycles. The van der Waals surface area contributed by atoms with E-state index in [4.69, 9.17) is 14.2 Å². The van der Waals surface area contributed by atoms with Crippen molar-refractivity contribution < 1.29 is 28.6 Å². The standard InChI is InChI=1S/C29H33N3O6S/c1-19-7-4-8-21(15-19)32(26(33)18-31-28(34)25-10-6-14-39-25)27(29(35)30-17-22-9-5-13-38-22)20-11-12-23(36-2)24(16-20)37-3/h4,6-8,10-12,14-16,22,27H,5,9,13,17-18H2,1-3H3,(H,30,35)(H,31,34)/t22-,27-/m0/s1. The number of hydrogen-bond acceptors (Lipinski definition) is 7. The molecule has 2 N–H and O–H groups in total. The summed E-state index contributed by atoms with van der Waals surface area (Å²) in [5, 5.41) is 7.47. The molecular weight excluding hydrogens is 518 g/mol. The van der Waals surface area contributed by atoms with E-state index in [9.17, 15) is 14.4 Å². The minimum atomic E-state index is -1.06. The third-order valence-electron chi connectivity index (χ3n) is 6.45. The molecule has 0 bridgehead atoms. The lowest BCUT2D eigenvalue weighted by molar-refractivity contribution is -0.126. The van der Waals surface area contributed by atoms with Crippen LogP contribution in [-0.4, -0.2) is 57.7 Å². The Morgan fingerprint density at radius 3 is 2.54 bits per heavy atom. The lowest BCUT2D eigenvalue weighted by Gasteiger charge is -2.32. The summed E-state index contributed by atoms with van der Waals surface area (Å²) >= 11 is 1.28. The highest BCUT2D eigenvalue weighted by Crippen LogP contribution is 2.34. The Morgan fingerprint density at radius 2 is 1.87 bits per heavy atom. The van der Waals surface area contributed by atoms with Crippen molar-refractivity contribution in [1.82, 2.24) is 10.6 Å². The van der Waals surface area contributed by atoms with Crippen molar-refractivity contribution in [3.05, 3.63) is 76.0 Å². The fourth-order valence-corrected chi connectivity index (χ4v) is 5.15. The molecule has 3 amide bonds. The van der Waals surface area contributed by atoms with E-state index in [1.807, 2.05) is 25.1 Å². The fourth-order valence-electron chi connectivity index (χ4n) is 4.51. The highest BCUT2D eigenvalue weighted by molar-refractivity contribution is 7.12. The first-order valence-electron chi connectivity index (χ1n) is 12.7. The second kappa shape index (κ2) is 13.3. The zero-order valence-corrected chi connectivity index (χ0v) is 23.1. The molecule has 2 heterocycles. The van der Waals surface area contributed by atoms with Crippen LogP contribution in [0.1, 0.15) is 39.7 Å². The summed E-state index contributed by atoms with van der Waals surface area (Å²) in [7, 11) is 3.04. The van der Waals surface area contributed by atoms with Gasteiger partial charge in [0.1, 0.15) is 6.04 Å². The molecule has 9 nitrogen and oxygen atoms in total. The topological polar surface area (TPSA) is 106 Å². The number of benzene rings is 2. The quantitative estimate of drug-likeness (QED) is 0.375. The van der Waals surface area contributed by atoms with Crippen molar-refractivity contribution in [1.29, 1.82) is 0 Å². The monoisotopic (exact) mass is 551 g/mol. The molecule has 0 unspecified atom stereocenters. The van der Waals surface area contributed by atoms with Crippen LogP contribution < -0.4 is 25.0 Å². The maximum Gasteiger partial charge on any atom is 0.261 e. The van der Waals surface area contributed by atoms with Crippen LogP contribution >= 0.6 is 11.3 Å². The van der Waals surface area contributed by atoms with Crippen molar-refractivity contribution in [3.63, 3.8) is 0 Å². The maximum absolute atomic E-state index is 13.9. The highest BCUT2D eigenvalue weighted by atomic mass is 32.1. The summed E-state index contributed by atoms with van der Waals surface area (Å²) in [6.07, 6.45) is 1.72. The van der Waals surface area contributed by atoms with Gasteiger partial charge in [0.05, 0.1) is 31.7 Å². The lowest BCUT2D eigenvalue weighted by Crippen LogP contribution is -2.48. The lowest BCUT2D eigenvalue weighted by atomic mass is 10.0. The molecule has 0 radical (unpaired) electrons. The summed E-state index contributed by atoms with van der Waals surface area (Å²) in [4.78, 5) is 42.2. The Kier molecular flexibility index (Phi) is 9.56. The fraction of sp³-hybridized carbons (Fsp3) is 0.345. The molecule has 0 aliphatic carbocycles. The molecule has 206 valence electrons. The number of ether oxygens (including phenoxy) is 3. The van der Waals surface area contributed by atoms with Crippen LogP contribution in [0.15, 0.2) is 60.0 Å². The molecule has 1 fully saturated rings. The molecule has 2 atom stereocenters. The van der Waals surface area contributed by atoms with Gasteiger partial charge in [0.15, 0.2) is 11.5 Å². The van der Waals surface area contributed by atoms with E-state index in [1.54, 1.807) is 41.8 Å². The number of carbonyl (C=O) groups is 3. The molecule has 10 heteroatoms. The number of amides is 3. The van der Waals surface area contributed by atoms with E-state index in [-0.39, 0.29) is 24.5 Å². The second-order valence-corrected chi connectivity index (χ2v) is 10.1. The van der Waals surface area contributed by atoms with Crippen LogP contribution in [0.5, 0.6) is 11.5 Å². The number of nitrogens with one attached hydrogen (secondary N) is 2. The largest absolute Gasteiger partial charge is 0.493 e. The molecule has 3 aromatic rings. The molecule has 0 saturated carbocycles. The van der Waals surface area contributed by atoms with Crippen LogP contribution in [-0.2, 0) is 14.3 Å². The van der Waals surface area contributed by atoms with Crippen molar-refractivity contribution in [2.75, 3.05) is 38.8 Å². The van der Waals surface area contributed by atoms with Crippen molar-refractivity contribution >= 4 is 34.7 Å². The first-order chi connectivity index (χ1) is 18.9. The van der Waals surface area contributed by atoms with Gasteiger partial charge in [-0.1, -0.05) is 24.3 Å². The molecule has 1 aliphatic rings. The summed E-state index contributed by atoms with van der Waals surface area (Å²) in [5.74, 6) is -0.256. The van der Waals surface area contributed by atoms with Crippen molar-refractivity contribution in [3.8, 4) is 11.5 Å². The van der Waals surface area contributed by atoms with Crippen LogP contribution in [0.4, 0.5) is 5.69 Å². The number of thiophene rings is 1. The number of rotatable bonds is 11. The highest BCUT2D eigenvalue weighted by Gasteiger charge is 2.34. The average molecular weight is 552 g/mol. The zero-order valence-electron chi connectivity index (χ0n) is 22.3. The number of methoxy groups -OCH3 is 2. The van der Waals surface area contributed by atoms with Crippen molar-refractivity contribution in [2.45, 2.75) is 31.9 Å². The number of anilines is 1. The number of hydrogen-bond donors (Lipinski definition) is 2. The average Bonchev–Trinajstić information content (AvgIpc) is 3.68. The van der Waals surface area contributed by atoms with Gasteiger partial charge in [-0.15, -0.1) is 11.3 Å². The summed E-state index contributed by atoms with van der Waals surface area (Å²) in [6, 6.07) is 14.9. The molecular formula is C29H33N3O6S. The van der Waals surface area contributed by atoms with Gasteiger partial charge in [-0.2, -0.15) is 0 Å². The molecule has 1 aromatic heterocycles. The van der Waals surface area contributed by atoms with Crippen LogP contribution in [0, 0.1) is 6.92 Å². The van der Waals surface area contributed by atoms with Gasteiger partial charge in [0, 0.05) is 18.8 Å². The number of aryl methyl sites for hydroxylation is 1. The Hall–Kier alpha value is -3.89. The van der Waals surface area contributed by atoms with Gasteiger partial charge >= 0.3 is 0 Å². The van der Waals surface area contributed by atoms with Crippen LogP contribution in [0.2, 0.25) is 0 Å². The van der Waals surface area contributed by atoms with Crippen LogP contribution in [0.3, 0.4) is 0 Å². The Morgan fingerprint density at radius 1 is 1.05 bits per heavy atom. The van der Waals surface area contributed by atoms with Crippen molar-refractivity contribution in [2.24, 2.45) is 0 Å². The summed E-state index contributed by atoms with van der Waals surface area (Å²) < 4.78 is 16.6. The van der Waals surface area contributed by atoms with E-state index >= 15 is 0 Å². The predicted octanol–water partition coefficient (Wildman–Crippen LogP) is 3.87. The van der Waals surface area contributed by atoms with Crippen LogP contribution in [0.25, 0.3) is 0 Å². The predicted molar refractivity (Wildman–Crippen MR) is 150 cm³/mol. The van der Waals surface area contributed by atoms with Gasteiger partial charge in [-0.05, 0) is 66.6 Å². The minimum Gasteiger partial charge on any atom is -0.493 e. The van der Waals surface area contributed by atoms with Gasteiger partial charge < -0.3 is 24.8 Å². The smallest absolute Gasteiger partial charge is 0.261 e. The zero-order chi connectivity index (χ0) is 27.8. The van der Waals surface area contributed by atoms with Gasteiger partial charge in [0.25, 0.3) is 5.91 Å². The number of nitrogens with zero attached hydrogens (tertiary/aromatic N) is 1. The van der Waals surface area contributed by atoms with E-state index < -0.39 is 11.9 Å². The SMILES string of the molecule is COc1ccc([C@@H](C(=O)NC[C@@H]2CCCO2)N(C(=O)CNC(=O)c2cccs2)c2cccc(C)c2)cc1OC. The van der Waals surface area contributed by atoms with E-state index in [0.717, 1.165) is 18.4 Å². The first kappa shape index (κ1) is 28.1. The molecule has 2 aromatic carbocycles. The van der Waals surface area contributed by atoms with E-state index in [1.165, 1.54) is 30.5 Å². The first-order valence-corrected chi connectivity index (χ1v) is 13.6. The summed E-state index contributed by atoms with van der Waals surface area (Å²) in [6.45, 7) is 2.60. The Bertz CT molecular complexity index is 1290. The summed E-state index contributed by atoms with van der Waals surface area (Å²) in [5.41, 5.74) is 1.97. The van der Waals surface area contributed by atoms with Gasteiger partial charge in [-0.25, -0.2) is 0 Å². The minimum absolute atomic E-state index is 0.0757. The molecule has 4 rings (SSSR count). The normalized spacial score (nSPS) is 15.3.